The van der Waals surface area contributed by atoms with Crippen LogP contribution in [0.4, 0.5) is 5.69 Å². The van der Waals surface area contributed by atoms with Crippen LogP contribution in [0, 0.1) is 0 Å². The Kier molecular flexibility index (Phi) is 6.24. The number of hydrogen-bond acceptors (Lipinski definition) is 6. The number of fused-ring (bicyclic) bond motifs is 1. The van der Waals surface area contributed by atoms with Gasteiger partial charge in [-0.1, -0.05) is 6.07 Å². The summed E-state index contributed by atoms with van der Waals surface area (Å²) in [6.45, 7) is 5.97. The Morgan fingerprint density at radius 2 is 2.03 bits per heavy atom. The highest BCUT2D eigenvalue weighted by atomic mass is 16.5. The normalized spacial score (nSPS) is 16.5. The van der Waals surface area contributed by atoms with Gasteiger partial charge in [0.25, 0.3) is 5.91 Å². The molecule has 29 heavy (non-hydrogen) atoms. The number of pyridine rings is 2. The number of hydrogen-bond donors (Lipinski definition) is 1. The number of likely N-dealkylation sites (tertiary alicyclic amines) is 1. The quantitative estimate of drug-likeness (QED) is 0.725. The molecule has 0 unspecified atom stereocenters. The molecule has 1 fully saturated rings. The Balaban J connectivity index is 1.31. The predicted octanol–water partition coefficient (Wildman–Crippen LogP) is 2.26. The zero-order valence-electron chi connectivity index (χ0n) is 17.1. The number of anilines is 1. The van der Waals surface area contributed by atoms with Crippen LogP contribution in [0.15, 0.2) is 30.5 Å². The molecule has 4 heterocycles. The second-order valence-corrected chi connectivity index (χ2v) is 7.66. The van der Waals surface area contributed by atoms with Gasteiger partial charge in [0.2, 0.25) is 5.88 Å². The minimum absolute atomic E-state index is 0.169. The number of aromatic nitrogens is 2. The second kappa shape index (κ2) is 9.22. The third-order valence-electron chi connectivity index (χ3n) is 5.66. The van der Waals surface area contributed by atoms with E-state index in [1.807, 2.05) is 12.1 Å². The Bertz CT molecular complexity index is 834. The van der Waals surface area contributed by atoms with Crippen molar-refractivity contribution in [3.63, 3.8) is 0 Å². The molecule has 1 N–H and O–H groups in total. The average Bonchev–Trinajstić information content (AvgIpc) is 3.29. The zero-order chi connectivity index (χ0) is 20.1. The Hall–Kier alpha value is -2.67. The topological polar surface area (TPSA) is 70.6 Å². The predicted molar refractivity (Wildman–Crippen MR) is 112 cm³/mol. The van der Waals surface area contributed by atoms with Gasteiger partial charge in [-0.3, -0.25) is 4.79 Å². The number of carbonyl (C=O) groups is 1. The van der Waals surface area contributed by atoms with Crippen LogP contribution < -0.4 is 15.0 Å². The van der Waals surface area contributed by atoms with Gasteiger partial charge in [0.15, 0.2) is 0 Å². The van der Waals surface area contributed by atoms with Crippen LogP contribution >= 0.6 is 0 Å². The molecular formula is C22H29N5O2. The van der Waals surface area contributed by atoms with Crippen molar-refractivity contribution in [2.45, 2.75) is 32.2 Å². The average molecular weight is 396 g/mol. The summed E-state index contributed by atoms with van der Waals surface area (Å²) in [4.78, 5) is 25.4. The first-order valence-electron chi connectivity index (χ1n) is 10.5. The SMILES string of the molecule is CNC(=O)c1ccc(N2CCc3nc(OCCCN4CCCC4)ccc3C2)cn1. The Labute approximate surface area is 172 Å². The zero-order valence-corrected chi connectivity index (χ0v) is 17.1. The molecule has 7 heteroatoms. The van der Waals surface area contributed by atoms with E-state index in [9.17, 15) is 4.79 Å². The Morgan fingerprint density at radius 1 is 1.17 bits per heavy atom. The highest BCUT2D eigenvalue weighted by molar-refractivity contribution is 5.92. The first kappa shape index (κ1) is 19.6. The van der Waals surface area contributed by atoms with Gasteiger partial charge in [-0.2, -0.15) is 0 Å². The van der Waals surface area contributed by atoms with Crippen LogP contribution in [-0.4, -0.2) is 60.6 Å². The minimum Gasteiger partial charge on any atom is -0.478 e. The van der Waals surface area contributed by atoms with Crippen LogP contribution in [0.2, 0.25) is 0 Å². The van der Waals surface area contributed by atoms with Gasteiger partial charge in [0.05, 0.1) is 24.2 Å². The third kappa shape index (κ3) is 4.85. The number of carbonyl (C=O) groups excluding carboxylic acids is 1. The van der Waals surface area contributed by atoms with Crippen molar-refractivity contribution in [2.24, 2.45) is 0 Å². The van der Waals surface area contributed by atoms with E-state index in [0.29, 0.717) is 5.69 Å². The summed E-state index contributed by atoms with van der Waals surface area (Å²) < 4.78 is 5.89. The molecule has 0 spiro atoms. The molecule has 7 nitrogen and oxygen atoms in total. The fourth-order valence-electron chi connectivity index (χ4n) is 4.00. The first-order valence-corrected chi connectivity index (χ1v) is 10.5. The van der Waals surface area contributed by atoms with E-state index >= 15 is 0 Å². The van der Waals surface area contributed by atoms with Crippen LogP contribution in [-0.2, 0) is 13.0 Å². The van der Waals surface area contributed by atoms with Crippen molar-refractivity contribution >= 4 is 11.6 Å². The van der Waals surface area contributed by atoms with E-state index in [2.05, 4.69) is 26.2 Å². The summed E-state index contributed by atoms with van der Waals surface area (Å²) in [6, 6.07) is 7.82. The van der Waals surface area contributed by atoms with Crippen LogP contribution in [0.1, 0.15) is 41.0 Å². The number of amides is 1. The number of nitrogens with zero attached hydrogens (tertiary/aromatic N) is 4. The van der Waals surface area contributed by atoms with Gasteiger partial charge >= 0.3 is 0 Å². The van der Waals surface area contributed by atoms with Crippen molar-refractivity contribution in [1.29, 1.82) is 0 Å². The van der Waals surface area contributed by atoms with E-state index in [4.69, 9.17) is 9.72 Å². The fourth-order valence-corrected chi connectivity index (χ4v) is 4.00. The molecule has 2 aromatic rings. The summed E-state index contributed by atoms with van der Waals surface area (Å²) >= 11 is 0. The molecule has 0 atom stereocenters. The maximum absolute atomic E-state index is 11.6. The van der Waals surface area contributed by atoms with Gasteiger partial charge in [0, 0.05) is 39.2 Å². The third-order valence-corrected chi connectivity index (χ3v) is 5.66. The van der Waals surface area contributed by atoms with Crippen molar-refractivity contribution in [3.8, 4) is 5.88 Å². The lowest BCUT2D eigenvalue weighted by molar-refractivity contribution is 0.0958. The van der Waals surface area contributed by atoms with Crippen molar-refractivity contribution in [3.05, 3.63) is 47.4 Å². The fraction of sp³-hybridized carbons (Fsp3) is 0.500. The van der Waals surface area contributed by atoms with Crippen molar-refractivity contribution in [1.82, 2.24) is 20.2 Å². The van der Waals surface area contributed by atoms with Crippen molar-refractivity contribution < 1.29 is 9.53 Å². The summed E-state index contributed by atoms with van der Waals surface area (Å²) in [5.74, 6) is 0.563. The van der Waals surface area contributed by atoms with E-state index in [1.165, 1.54) is 31.5 Å². The molecule has 154 valence electrons. The van der Waals surface area contributed by atoms with E-state index in [-0.39, 0.29) is 5.91 Å². The number of ether oxygens (including phenoxy) is 1. The Morgan fingerprint density at radius 3 is 2.79 bits per heavy atom. The summed E-state index contributed by atoms with van der Waals surface area (Å²) in [6.07, 6.45) is 6.35. The number of rotatable bonds is 7. The maximum atomic E-state index is 11.6. The summed E-state index contributed by atoms with van der Waals surface area (Å²) in [5, 5.41) is 2.59. The molecule has 2 aliphatic heterocycles. The van der Waals surface area contributed by atoms with E-state index in [1.54, 1.807) is 19.3 Å². The van der Waals surface area contributed by atoms with E-state index in [0.717, 1.165) is 56.3 Å². The van der Waals surface area contributed by atoms with Gasteiger partial charge in [-0.05, 0) is 50.0 Å². The molecule has 1 amide bonds. The van der Waals surface area contributed by atoms with Crippen LogP contribution in [0.3, 0.4) is 0 Å². The first-order chi connectivity index (χ1) is 14.2. The lowest BCUT2D eigenvalue weighted by Crippen LogP contribution is -2.31. The van der Waals surface area contributed by atoms with E-state index < -0.39 is 0 Å². The molecule has 0 aliphatic carbocycles. The second-order valence-electron chi connectivity index (χ2n) is 7.66. The molecule has 2 aliphatic rings. The molecule has 4 rings (SSSR count). The lowest BCUT2D eigenvalue weighted by atomic mass is 10.1. The van der Waals surface area contributed by atoms with Crippen LogP contribution in [0.5, 0.6) is 5.88 Å². The summed E-state index contributed by atoms with van der Waals surface area (Å²) in [5.41, 5.74) is 3.79. The lowest BCUT2D eigenvalue weighted by Gasteiger charge is -2.30. The molecule has 0 radical (unpaired) electrons. The molecule has 2 aromatic heterocycles. The van der Waals surface area contributed by atoms with Gasteiger partial charge in [0.1, 0.15) is 5.69 Å². The standard InChI is InChI=1S/C22H29N5O2/c1-23-22(28)20-7-6-18(15-24-20)27-13-9-19-17(16-27)5-8-21(25-19)29-14-4-12-26-10-2-3-11-26/h5-8,15H,2-4,9-14,16H2,1H3,(H,23,28). The number of nitrogens with one attached hydrogen (secondary N) is 1. The molecule has 1 saturated heterocycles. The molecular weight excluding hydrogens is 366 g/mol. The van der Waals surface area contributed by atoms with Crippen LogP contribution in [0.25, 0.3) is 0 Å². The minimum atomic E-state index is -0.169. The summed E-state index contributed by atoms with van der Waals surface area (Å²) in [7, 11) is 1.61. The monoisotopic (exact) mass is 395 g/mol. The largest absolute Gasteiger partial charge is 0.478 e. The molecule has 0 saturated carbocycles. The highest BCUT2D eigenvalue weighted by Crippen LogP contribution is 2.25. The molecule has 0 aromatic carbocycles. The van der Waals surface area contributed by atoms with Gasteiger partial charge in [-0.25, -0.2) is 9.97 Å². The highest BCUT2D eigenvalue weighted by Gasteiger charge is 2.19. The molecule has 0 bridgehead atoms. The van der Waals surface area contributed by atoms with Gasteiger partial charge in [-0.15, -0.1) is 0 Å². The van der Waals surface area contributed by atoms with Gasteiger partial charge < -0.3 is 19.9 Å². The van der Waals surface area contributed by atoms with Crippen molar-refractivity contribution in [2.75, 3.05) is 44.7 Å². The maximum Gasteiger partial charge on any atom is 0.269 e. The smallest absolute Gasteiger partial charge is 0.269 e.